The maximum absolute atomic E-state index is 6.06. The summed E-state index contributed by atoms with van der Waals surface area (Å²) in [5.41, 5.74) is 8.46. The van der Waals surface area contributed by atoms with Gasteiger partial charge in [-0.3, -0.25) is 4.98 Å². The quantitative estimate of drug-likeness (QED) is 0.609. The van der Waals surface area contributed by atoms with E-state index in [0.29, 0.717) is 23.0 Å². The number of aromatic nitrogens is 4. The zero-order chi connectivity index (χ0) is 14.2. The third-order valence-electron chi connectivity index (χ3n) is 3.17. The van der Waals surface area contributed by atoms with E-state index in [9.17, 15) is 0 Å². The summed E-state index contributed by atoms with van der Waals surface area (Å²) < 4.78 is 6.90. The average Bonchev–Trinajstić information content (AvgIpc) is 3.17. The normalized spacial score (nSPS) is 11.0. The molecular formula is C15H11N5O. The Labute approximate surface area is 119 Å². The van der Waals surface area contributed by atoms with Crippen molar-refractivity contribution in [2.45, 2.75) is 0 Å². The second-order valence-corrected chi connectivity index (χ2v) is 4.57. The first-order chi connectivity index (χ1) is 10.3. The lowest BCUT2D eigenvalue weighted by atomic mass is 10.2. The molecule has 0 spiro atoms. The average molecular weight is 277 g/mol. The van der Waals surface area contributed by atoms with Gasteiger partial charge in [0.1, 0.15) is 5.82 Å². The Morgan fingerprint density at radius 3 is 2.81 bits per heavy atom. The molecule has 2 N–H and O–H groups in total. The van der Waals surface area contributed by atoms with Gasteiger partial charge in [0.25, 0.3) is 0 Å². The number of hydrogen-bond acceptors (Lipinski definition) is 5. The minimum atomic E-state index is 0.499. The molecule has 0 aliphatic rings. The van der Waals surface area contributed by atoms with Crippen LogP contribution >= 0.6 is 0 Å². The van der Waals surface area contributed by atoms with Crippen LogP contribution in [-0.4, -0.2) is 19.6 Å². The molecule has 0 aliphatic carbocycles. The molecule has 102 valence electrons. The molecule has 0 unspecified atom stereocenters. The van der Waals surface area contributed by atoms with Gasteiger partial charge in [0.05, 0.1) is 12.0 Å². The summed E-state index contributed by atoms with van der Waals surface area (Å²) in [5, 5.41) is 4.36. The molecule has 4 aromatic heterocycles. The predicted octanol–water partition coefficient (Wildman–Crippen LogP) is 2.63. The third kappa shape index (κ3) is 1.93. The number of nitrogens with two attached hydrogens (primary N) is 1. The Bertz CT molecular complexity index is 897. The summed E-state index contributed by atoms with van der Waals surface area (Å²) in [6, 6.07) is 13.1. The number of pyridine rings is 2. The van der Waals surface area contributed by atoms with E-state index < -0.39 is 0 Å². The summed E-state index contributed by atoms with van der Waals surface area (Å²) in [6.45, 7) is 0. The van der Waals surface area contributed by atoms with E-state index in [1.807, 2.05) is 36.4 Å². The van der Waals surface area contributed by atoms with Crippen molar-refractivity contribution in [1.82, 2.24) is 19.6 Å². The Kier molecular flexibility index (Phi) is 2.47. The highest BCUT2D eigenvalue weighted by Crippen LogP contribution is 2.24. The minimum absolute atomic E-state index is 0.499. The van der Waals surface area contributed by atoms with Crippen molar-refractivity contribution in [2.75, 3.05) is 5.73 Å². The molecule has 6 nitrogen and oxygen atoms in total. The maximum Gasteiger partial charge on any atom is 0.217 e. The summed E-state index contributed by atoms with van der Waals surface area (Å²) in [5.74, 6) is 1.61. The van der Waals surface area contributed by atoms with Crippen LogP contribution in [0.1, 0.15) is 0 Å². The van der Waals surface area contributed by atoms with Gasteiger partial charge in [-0.2, -0.15) is 4.52 Å². The zero-order valence-corrected chi connectivity index (χ0v) is 11.0. The summed E-state index contributed by atoms with van der Waals surface area (Å²) in [7, 11) is 0. The monoisotopic (exact) mass is 277 g/mol. The first kappa shape index (κ1) is 11.7. The molecule has 0 radical (unpaired) electrons. The standard InChI is InChI=1S/C15H11N5O/c16-13-8-10(11-4-1-2-6-17-11)9-14-18-15(19-20(13)14)12-5-3-7-21-12/h1-9H,16H2. The molecule has 0 amide bonds. The number of rotatable bonds is 2. The molecule has 0 aromatic carbocycles. The minimum Gasteiger partial charge on any atom is -0.461 e. The van der Waals surface area contributed by atoms with Crippen molar-refractivity contribution in [3.8, 4) is 22.8 Å². The van der Waals surface area contributed by atoms with Crippen molar-refractivity contribution in [3.63, 3.8) is 0 Å². The Hall–Kier alpha value is -3.15. The lowest BCUT2D eigenvalue weighted by Crippen LogP contribution is -1.99. The van der Waals surface area contributed by atoms with Gasteiger partial charge in [0.2, 0.25) is 5.82 Å². The van der Waals surface area contributed by atoms with Crippen LogP contribution in [0.2, 0.25) is 0 Å². The first-order valence-corrected chi connectivity index (χ1v) is 6.43. The van der Waals surface area contributed by atoms with Gasteiger partial charge in [-0.05, 0) is 36.4 Å². The van der Waals surface area contributed by atoms with Crippen LogP contribution in [0.3, 0.4) is 0 Å². The number of nitrogen functional groups attached to an aromatic ring is 1. The molecule has 4 heterocycles. The second-order valence-electron chi connectivity index (χ2n) is 4.57. The topological polar surface area (TPSA) is 82.2 Å². The molecule has 4 rings (SSSR count). The molecule has 4 aromatic rings. The Morgan fingerprint density at radius 1 is 1.10 bits per heavy atom. The fraction of sp³-hybridized carbons (Fsp3) is 0. The van der Waals surface area contributed by atoms with Crippen LogP contribution in [0.15, 0.2) is 59.3 Å². The van der Waals surface area contributed by atoms with E-state index in [-0.39, 0.29) is 0 Å². The largest absolute Gasteiger partial charge is 0.461 e. The van der Waals surface area contributed by atoms with Crippen molar-refractivity contribution in [2.24, 2.45) is 0 Å². The molecule has 6 heteroatoms. The molecular weight excluding hydrogens is 266 g/mol. The second kappa shape index (κ2) is 4.45. The van der Waals surface area contributed by atoms with E-state index in [0.717, 1.165) is 11.3 Å². The Morgan fingerprint density at radius 2 is 2.05 bits per heavy atom. The van der Waals surface area contributed by atoms with Crippen LogP contribution in [0.5, 0.6) is 0 Å². The lowest BCUT2D eigenvalue weighted by molar-refractivity contribution is 0.577. The van der Waals surface area contributed by atoms with Crippen molar-refractivity contribution in [3.05, 3.63) is 54.9 Å². The Balaban J connectivity index is 1.90. The summed E-state index contributed by atoms with van der Waals surface area (Å²) >= 11 is 0. The van der Waals surface area contributed by atoms with Gasteiger partial charge >= 0.3 is 0 Å². The summed E-state index contributed by atoms with van der Waals surface area (Å²) in [4.78, 5) is 8.77. The van der Waals surface area contributed by atoms with E-state index in [2.05, 4.69) is 15.1 Å². The van der Waals surface area contributed by atoms with E-state index in [1.165, 1.54) is 0 Å². The number of nitrogens with zero attached hydrogens (tertiary/aromatic N) is 4. The lowest BCUT2D eigenvalue weighted by Gasteiger charge is -2.03. The predicted molar refractivity (Wildman–Crippen MR) is 78.3 cm³/mol. The summed E-state index contributed by atoms with van der Waals surface area (Å²) in [6.07, 6.45) is 3.33. The molecule has 0 atom stereocenters. The molecule has 0 bridgehead atoms. The molecule has 0 saturated carbocycles. The van der Waals surface area contributed by atoms with Crippen LogP contribution in [0, 0.1) is 0 Å². The smallest absolute Gasteiger partial charge is 0.217 e. The molecule has 0 saturated heterocycles. The van der Waals surface area contributed by atoms with Gasteiger partial charge in [0, 0.05) is 11.8 Å². The molecule has 0 fully saturated rings. The van der Waals surface area contributed by atoms with E-state index >= 15 is 0 Å². The highest BCUT2D eigenvalue weighted by atomic mass is 16.3. The van der Waals surface area contributed by atoms with Crippen molar-refractivity contribution < 1.29 is 4.42 Å². The fourth-order valence-electron chi connectivity index (χ4n) is 2.20. The molecule has 0 aliphatic heterocycles. The van der Waals surface area contributed by atoms with E-state index in [4.69, 9.17) is 10.2 Å². The van der Waals surface area contributed by atoms with Crippen molar-refractivity contribution in [1.29, 1.82) is 0 Å². The van der Waals surface area contributed by atoms with E-state index in [1.54, 1.807) is 23.0 Å². The van der Waals surface area contributed by atoms with Crippen molar-refractivity contribution >= 4 is 11.5 Å². The van der Waals surface area contributed by atoms with Gasteiger partial charge in [-0.1, -0.05) is 6.07 Å². The number of fused-ring (bicyclic) bond motifs is 1. The fourth-order valence-corrected chi connectivity index (χ4v) is 2.20. The molecule has 21 heavy (non-hydrogen) atoms. The maximum atomic E-state index is 6.06. The highest BCUT2D eigenvalue weighted by molar-refractivity contribution is 5.69. The van der Waals surface area contributed by atoms with Crippen LogP contribution < -0.4 is 5.73 Å². The van der Waals surface area contributed by atoms with Crippen LogP contribution in [0.4, 0.5) is 5.82 Å². The number of furan rings is 1. The van der Waals surface area contributed by atoms with Crippen LogP contribution in [-0.2, 0) is 0 Å². The zero-order valence-electron chi connectivity index (χ0n) is 11.0. The number of hydrogen-bond donors (Lipinski definition) is 1. The number of anilines is 1. The van der Waals surface area contributed by atoms with Gasteiger partial charge in [0.15, 0.2) is 11.4 Å². The van der Waals surface area contributed by atoms with Gasteiger partial charge in [-0.25, -0.2) is 4.98 Å². The first-order valence-electron chi connectivity index (χ1n) is 6.43. The van der Waals surface area contributed by atoms with Gasteiger partial charge in [-0.15, -0.1) is 5.10 Å². The van der Waals surface area contributed by atoms with Gasteiger partial charge < -0.3 is 10.2 Å². The third-order valence-corrected chi connectivity index (χ3v) is 3.17. The SMILES string of the molecule is Nc1cc(-c2ccccn2)cc2nc(-c3ccco3)nn12. The van der Waals surface area contributed by atoms with Crippen LogP contribution in [0.25, 0.3) is 28.5 Å². The highest BCUT2D eigenvalue weighted by Gasteiger charge is 2.12.